The van der Waals surface area contributed by atoms with E-state index in [9.17, 15) is 46.3 Å². The van der Waals surface area contributed by atoms with Gasteiger partial charge in [-0.25, -0.2) is 31.4 Å². The van der Waals surface area contributed by atoms with Crippen molar-refractivity contribution >= 4 is 50.1 Å². The fourth-order valence-electron chi connectivity index (χ4n) is 4.90. The number of carboxylic acids is 1. The highest BCUT2D eigenvalue weighted by Gasteiger charge is 2.25. The van der Waals surface area contributed by atoms with E-state index in [1.165, 1.54) is 73.4 Å². The molecule has 3 aromatic carbocycles. The number of hydrogen-bond acceptors (Lipinski definition) is 8. The predicted octanol–water partition coefficient (Wildman–Crippen LogP) is 2.55. The van der Waals surface area contributed by atoms with Gasteiger partial charge in [0.2, 0.25) is 5.91 Å². The number of aryl methyl sites for hydroxylation is 1. The highest BCUT2D eigenvalue weighted by molar-refractivity contribution is 7.92. The van der Waals surface area contributed by atoms with E-state index >= 15 is 0 Å². The van der Waals surface area contributed by atoms with E-state index in [2.05, 4.69) is 15.6 Å². The van der Waals surface area contributed by atoms with Gasteiger partial charge in [0, 0.05) is 38.3 Å². The Morgan fingerprint density at radius 1 is 0.959 bits per heavy atom. The zero-order chi connectivity index (χ0) is 35.6. The number of aromatic nitrogens is 3. The smallest absolute Gasteiger partial charge is 0.335 e. The van der Waals surface area contributed by atoms with Crippen LogP contribution in [0.5, 0.6) is 0 Å². The number of amides is 2. The minimum absolute atomic E-state index is 0.194. The lowest BCUT2D eigenvalue weighted by atomic mass is 10.0. The molecule has 49 heavy (non-hydrogen) atoms. The average Bonchev–Trinajstić information content (AvgIpc) is 3.05. The number of pyridine rings is 1. The number of nitrogens with zero attached hydrogens (tertiary/aromatic N) is 3. The van der Waals surface area contributed by atoms with E-state index in [-0.39, 0.29) is 28.3 Å². The molecule has 0 bridgehead atoms. The third-order valence-electron chi connectivity index (χ3n) is 7.34. The summed E-state index contributed by atoms with van der Waals surface area (Å²) >= 11 is 0. The first-order chi connectivity index (χ1) is 23.2. The SMILES string of the molecule is CC(=O)Nc1ccc(S(=O)(=O)Nc2cc(F)c(C(=O)N[C@@H](Cc3ccc(-n4c(=O)c5ccncc5n(C)c4=O)cc3)C(=O)O)cc2F)cc1. The van der Waals surface area contributed by atoms with Gasteiger partial charge in [-0.1, -0.05) is 12.1 Å². The van der Waals surface area contributed by atoms with Crippen LogP contribution in [0, 0.1) is 11.6 Å². The maximum Gasteiger partial charge on any atom is 0.335 e. The summed E-state index contributed by atoms with van der Waals surface area (Å²) in [5.41, 5.74) is -1.74. The highest BCUT2D eigenvalue weighted by atomic mass is 32.2. The number of benzene rings is 3. The molecule has 2 aromatic heterocycles. The van der Waals surface area contributed by atoms with Crippen LogP contribution < -0.4 is 26.6 Å². The van der Waals surface area contributed by atoms with Crippen LogP contribution in [0.3, 0.4) is 0 Å². The van der Waals surface area contributed by atoms with Crippen LogP contribution >= 0.6 is 0 Å². The van der Waals surface area contributed by atoms with E-state index in [0.29, 0.717) is 28.9 Å². The van der Waals surface area contributed by atoms with Crippen LogP contribution in [0.1, 0.15) is 22.8 Å². The van der Waals surface area contributed by atoms with Crippen LogP contribution in [0.2, 0.25) is 0 Å². The van der Waals surface area contributed by atoms with Gasteiger partial charge < -0.3 is 15.7 Å². The molecule has 0 saturated carbocycles. The molecule has 14 nitrogen and oxygen atoms in total. The molecule has 0 spiro atoms. The van der Waals surface area contributed by atoms with Gasteiger partial charge in [-0.05, 0) is 54.1 Å². The fourth-order valence-corrected chi connectivity index (χ4v) is 5.96. The van der Waals surface area contributed by atoms with Gasteiger partial charge >= 0.3 is 11.7 Å². The Kier molecular flexibility index (Phi) is 9.38. The monoisotopic (exact) mass is 692 g/mol. The molecule has 4 N–H and O–H groups in total. The normalized spacial score (nSPS) is 11.9. The van der Waals surface area contributed by atoms with Crippen molar-refractivity contribution in [1.82, 2.24) is 19.4 Å². The summed E-state index contributed by atoms with van der Waals surface area (Å²) in [6.07, 6.45) is 2.48. The molecule has 5 rings (SSSR count). The van der Waals surface area contributed by atoms with Crippen LogP contribution in [0.25, 0.3) is 16.6 Å². The molecule has 0 saturated heterocycles. The molecule has 0 unspecified atom stereocenters. The summed E-state index contributed by atoms with van der Waals surface area (Å²) < 4.78 is 59.5. The number of carboxylic acid groups (broad SMARTS) is 1. The third-order valence-corrected chi connectivity index (χ3v) is 8.72. The Morgan fingerprint density at radius 2 is 1.63 bits per heavy atom. The number of rotatable bonds is 10. The summed E-state index contributed by atoms with van der Waals surface area (Å²) in [5.74, 6) is -5.84. The van der Waals surface area contributed by atoms with Gasteiger partial charge in [0.15, 0.2) is 0 Å². The standard InChI is InChI=1S/C32H26F2N6O8S/c1-17(41)36-19-5-9-21(10-6-19)49(47,48)38-26-15-24(33)23(14-25(26)34)29(42)37-27(31(44)45)13-18-3-7-20(8-4-18)40-30(43)22-11-12-35-16-28(22)39(2)32(40)46/h3-12,14-16,27,38H,13H2,1-2H3,(H,36,41)(H,37,42)(H,44,45)/t27-/m0/s1. The van der Waals surface area contributed by atoms with Gasteiger partial charge in [0.1, 0.15) is 17.7 Å². The van der Waals surface area contributed by atoms with Crippen molar-refractivity contribution in [3.8, 4) is 5.69 Å². The lowest BCUT2D eigenvalue weighted by molar-refractivity contribution is -0.139. The highest BCUT2D eigenvalue weighted by Crippen LogP contribution is 2.24. The summed E-state index contributed by atoms with van der Waals surface area (Å²) in [6.45, 7) is 1.26. The van der Waals surface area contributed by atoms with Gasteiger partial charge in [-0.15, -0.1) is 0 Å². The predicted molar refractivity (Wildman–Crippen MR) is 173 cm³/mol. The zero-order valence-corrected chi connectivity index (χ0v) is 26.4. The van der Waals surface area contributed by atoms with Crippen LogP contribution in [0.15, 0.2) is 93.6 Å². The molecule has 0 radical (unpaired) electrons. The summed E-state index contributed by atoms with van der Waals surface area (Å²) in [6, 6.07) is 11.3. The quantitative estimate of drug-likeness (QED) is 0.170. The molecule has 2 heterocycles. The van der Waals surface area contributed by atoms with Crippen molar-refractivity contribution in [2.75, 3.05) is 10.0 Å². The Morgan fingerprint density at radius 3 is 2.27 bits per heavy atom. The molecule has 17 heteroatoms. The van der Waals surface area contributed by atoms with E-state index in [4.69, 9.17) is 0 Å². The van der Waals surface area contributed by atoms with Crippen molar-refractivity contribution in [1.29, 1.82) is 0 Å². The Bertz CT molecular complexity index is 2360. The second-order valence-electron chi connectivity index (χ2n) is 10.7. The number of carbonyl (C=O) groups is 3. The van der Waals surface area contributed by atoms with Crippen LogP contribution in [0.4, 0.5) is 20.2 Å². The van der Waals surface area contributed by atoms with Crippen molar-refractivity contribution in [2.24, 2.45) is 7.05 Å². The first-order valence-corrected chi connectivity index (χ1v) is 15.7. The minimum Gasteiger partial charge on any atom is -0.480 e. The number of anilines is 2. The van der Waals surface area contributed by atoms with Crippen molar-refractivity contribution < 1.29 is 36.7 Å². The Labute approximate surface area is 275 Å². The van der Waals surface area contributed by atoms with Crippen molar-refractivity contribution in [3.63, 3.8) is 0 Å². The first-order valence-electron chi connectivity index (χ1n) is 14.2. The average molecular weight is 693 g/mol. The number of sulfonamides is 1. The maximum absolute atomic E-state index is 15.0. The third kappa shape index (κ3) is 7.20. The molecular weight excluding hydrogens is 666 g/mol. The van der Waals surface area contributed by atoms with E-state index in [1.54, 1.807) is 0 Å². The zero-order valence-electron chi connectivity index (χ0n) is 25.6. The van der Waals surface area contributed by atoms with Gasteiger partial charge in [0.25, 0.3) is 21.5 Å². The maximum atomic E-state index is 15.0. The lowest BCUT2D eigenvalue weighted by Crippen LogP contribution is -2.42. The van der Waals surface area contributed by atoms with E-state index in [0.717, 1.165) is 16.7 Å². The number of fused-ring (bicyclic) bond motifs is 1. The summed E-state index contributed by atoms with van der Waals surface area (Å²) in [5, 5.41) is 14.6. The molecule has 1 atom stereocenters. The largest absolute Gasteiger partial charge is 0.480 e. The topological polar surface area (TPSA) is 199 Å². The number of hydrogen-bond donors (Lipinski definition) is 4. The fraction of sp³-hybridized carbons (Fsp3) is 0.125. The van der Waals surface area contributed by atoms with E-state index in [1.807, 2.05) is 4.72 Å². The molecular formula is C32H26F2N6O8S. The lowest BCUT2D eigenvalue weighted by Gasteiger charge is -2.16. The Hall–Kier alpha value is -6.23. The van der Waals surface area contributed by atoms with Crippen LogP contribution in [-0.4, -0.2) is 51.5 Å². The molecule has 252 valence electrons. The number of halogens is 2. The van der Waals surface area contributed by atoms with Crippen molar-refractivity contribution in [3.05, 3.63) is 123 Å². The summed E-state index contributed by atoms with van der Waals surface area (Å²) in [7, 11) is -2.94. The van der Waals surface area contributed by atoms with Gasteiger partial charge in [-0.3, -0.25) is 28.7 Å². The summed E-state index contributed by atoms with van der Waals surface area (Å²) in [4.78, 5) is 65.6. The first kappa shape index (κ1) is 34.1. The second kappa shape index (κ2) is 13.5. The molecule has 0 aliphatic carbocycles. The van der Waals surface area contributed by atoms with Crippen molar-refractivity contribution in [2.45, 2.75) is 24.3 Å². The Balaban J connectivity index is 1.31. The molecule has 0 fully saturated rings. The molecule has 2 amide bonds. The molecule has 5 aromatic rings. The minimum atomic E-state index is -4.42. The number of aliphatic carboxylic acids is 1. The van der Waals surface area contributed by atoms with E-state index < -0.39 is 62.1 Å². The molecule has 0 aliphatic heterocycles. The van der Waals surface area contributed by atoms with Crippen LogP contribution in [-0.2, 0) is 33.1 Å². The van der Waals surface area contributed by atoms with Gasteiger partial charge in [-0.2, -0.15) is 0 Å². The van der Waals surface area contributed by atoms with Gasteiger partial charge in [0.05, 0.1) is 38.9 Å². The number of carbonyl (C=O) groups excluding carboxylic acids is 2. The molecule has 0 aliphatic rings. The number of nitrogens with one attached hydrogen (secondary N) is 3. The second-order valence-corrected chi connectivity index (χ2v) is 12.4.